The van der Waals surface area contributed by atoms with Crippen LogP contribution in [-0.2, 0) is 0 Å². The van der Waals surface area contributed by atoms with Crippen molar-refractivity contribution in [3.8, 4) is 5.75 Å². The monoisotopic (exact) mass is 452 g/mol. The number of hydrogen-bond donors (Lipinski definition) is 1. The second-order valence-corrected chi connectivity index (χ2v) is 9.39. The van der Waals surface area contributed by atoms with Crippen LogP contribution in [0.5, 0.6) is 5.75 Å². The van der Waals surface area contributed by atoms with E-state index in [1.54, 1.807) is 34.2 Å². The van der Waals surface area contributed by atoms with E-state index in [0.29, 0.717) is 29.2 Å². The minimum atomic E-state index is -4.25. The average molecular weight is 453 g/mol. The number of thiazole rings is 1. The van der Waals surface area contributed by atoms with E-state index >= 15 is 0 Å². The number of rotatable bonds is 6. The number of fused-ring (bicyclic) bond motifs is 3. The molecular weight excluding hydrogens is 429 g/mol. The maximum absolute atomic E-state index is 12.4. The van der Waals surface area contributed by atoms with Crippen LogP contribution in [0, 0.1) is 18.8 Å². The zero-order valence-corrected chi connectivity index (χ0v) is 17.8. The number of nitrogens with zero attached hydrogens (tertiary/aromatic N) is 5. The van der Waals surface area contributed by atoms with Gasteiger partial charge in [-0.15, -0.1) is 16.4 Å². The number of nitrogens with one attached hydrogen (secondary N) is 1. The molecule has 2 fully saturated rings. The van der Waals surface area contributed by atoms with Crippen LogP contribution in [0.25, 0.3) is 5.65 Å². The van der Waals surface area contributed by atoms with Crippen molar-refractivity contribution in [1.82, 2.24) is 19.6 Å². The third kappa shape index (κ3) is 4.28. The number of pyridine rings is 1. The molecule has 1 saturated carbocycles. The Labute approximate surface area is 181 Å². The molecule has 1 aliphatic heterocycles. The summed E-state index contributed by atoms with van der Waals surface area (Å²) in [6.45, 7) is 3.51. The van der Waals surface area contributed by atoms with Crippen LogP contribution in [0.4, 0.5) is 24.1 Å². The number of anilines is 2. The smallest absolute Gasteiger partial charge is 0.392 e. The maximum Gasteiger partial charge on any atom is 0.392 e. The highest BCUT2D eigenvalue weighted by Crippen LogP contribution is 2.41. The van der Waals surface area contributed by atoms with Crippen molar-refractivity contribution in [3.05, 3.63) is 29.5 Å². The van der Waals surface area contributed by atoms with Gasteiger partial charge in [0.15, 0.2) is 11.4 Å². The van der Waals surface area contributed by atoms with Gasteiger partial charge >= 0.3 is 6.18 Å². The third-order valence-corrected chi connectivity index (χ3v) is 6.99. The quantitative estimate of drug-likeness (QED) is 0.606. The van der Waals surface area contributed by atoms with E-state index in [4.69, 9.17) is 4.74 Å². The van der Waals surface area contributed by atoms with Gasteiger partial charge in [0.25, 0.3) is 0 Å². The van der Waals surface area contributed by atoms with Gasteiger partial charge in [0, 0.05) is 25.3 Å². The molecule has 3 aromatic rings. The Morgan fingerprint density at radius 3 is 2.71 bits per heavy atom. The first kappa shape index (κ1) is 20.3. The van der Waals surface area contributed by atoms with Gasteiger partial charge in [-0.1, -0.05) is 0 Å². The molecule has 7 nitrogen and oxygen atoms in total. The summed E-state index contributed by atoms with van der Waals surface area (Å²) < 4.78 is 44.2. The van der Waals surface area contributed by atoms with Crippen molar-refractivity contribution >= 4 is 27.9 Å². The van der Waals surface area contributed by atoms with Crippen LogP contribution in [0.3, 0.4) is 0 Å². The van der Waals surface area contributed by atoms with Crippen molar-refractivity contribution < 1.29 is 17.9 Å². The highest BCUT2D eigenvalue weighted by molar-refractivity contribution is 7.15. The molecule has 3 atom stereocenters. The molecule has 4 heterocycles. The van der Waals surface area contributed by atoms with E-state index in [1.807, 2.05) is 13.1 Å². The second-order valence-electron chi connectivity index (χ2n) is 8.18. The number of aryl methyl sites for hydroxylation is 1. The van der Waals surface area contributed by atoms with Crippen LogP contribution >= 0.6 is 11.3 Å². The van der Waals surface area contributed by atoms with Crippen LogP contribution in [0.1, 0.15) is 24.3 Å². The minimum absolute atomic E-state index is 0.275. The Hall–Kier alpha value is -2.56. The largest absolute Gasteiger partial charge is 0.489 e. The fourth-order valence-electron chi connectivity index (χ4n) is 4.62. The van der Waals surface area contributed by atoms with E-state index in [0.717, 1.165) is 30.9 Å². The predicted octanol–water partition coefficient (Wildman–Crippen LogP) is 4.15. The Kier molecular flexibility index (Phi) is 5.15. The van der Waals surface area contributed by atoms with Crippen LogP contribution in [0.2, 0.25) is 0 Å². The van der Waals surface area contributed by atoms with Gasteiger partial charge in [0.05, 0.1) is 24.2 Å². The van der Waals surface area contributed by atoms with E-state index in [-0.39, 0.29) is 6.04 Å². The Morgan fingerprint density at radius 1 is 1.26 bits per heavy atom. The first-order valence-electron chi connectivity index (χ1n) is 10.3. The van der Waals surface area contributed by atoms with E-state index in [1.165, 1.54) is 5.00 Å². The normalized spacial score (nSPS) is 23.5. The first-order chi connectivity index (χ1) is 14.9. The van der Waals surface area contributed by atoms with Gasteiger partial charge in [0.1, 0.15) is 5.00 Å². The van der Waals surface area contributed by atoms with Crippen molar-refractivity contribution in [2.45, 2.75) is 38.4 Å². The summed E-state index contributed by atoms with van der Waals surface area (Å²) in [7, 11) is 0. The number of piperidine rings is 1. The van der Waals surface area contributed by atoms with E-state index in [9.17, 15) is 13.2 Å². The fraction of sp³-hybridized carbons (Fsp3) is 0.550. The van der Waals surface area contributed by atoms with E-state index < -0.39 is 19.2 Å². The molecule has 2 unspecified atom stereocenters. The zero-order valence-electron chi connectivity index (χ0n) is 17.0. The summed E-state index contributed by atoms with van der Waals surface area (Å²) in [5, 5.41) is 10.3. The maximum atomic E-state index is 12.4. The lowest BCUT2D eigenvalue weighted by Crippen LogP contribution is -2.48. The third-order valence-electron chi connectivity index (χ3n) is 6.02. The molecule has 3 aromatic heterocycles. The minimum Gasteiger partial charge on any atom is -0.489 e. The summed E-state index contributed by atoms with van der Waals surface area (Å²) >= 11 is 1.73. The molecule has 166 valence electrons. The number of halogens is 3. The molecule has 31 heavy (non-hydrogen) atoms. The molecule has 2 aliphatic rings. The second kappa shape index (κ2) is 7.85. The summed E-state index contributed by atoms with van der Waals surface area (Å²) in [5.41, 5.74) is 0.414. The zero-order chi connectivity index (χ0) is 21.6. The summed E-state index contributed by atoms with van der Waals surface area (Å²) in [6.07, 6.45) is 0.711. The highest BCUT2D eigenvalue weighted by Gasteiger charge is 2.43. The van der Waals surface area contributed by atoms with Crippen LogP contribution in [-0.4, -0.2) is 51.5 Å². The highest BCUT2D eigenvalue weighted by atomic mass is 32.1. The molecule has 1 saturated heterocycles. The molecule has 11 heteroatoms. The lowest BCUT2D eigenvalue weighted by atomic mass is 9.92. The molecule has 0 radical (unpaired) electrons. The first-order valence-corrected chi connectivity index (χ1v) is 11.2. The van der Waals surface area contributed by atoms with E-state index in [2.05, 4.69) is 25.3 Å². The van der Waals surface area contributed by atoms with Crippen molar-refractivity contribution in [3.63, 3.8) is 0 Å². The summed E-state index contributed by atoms with van der Waals surface area (Å²) in [6, 6.07) is 3.58. The van der Waals surface area contributed by atoms with Crippen molar-refractivity contribution in [1.29, 1.82) is 0 Å². The van der Waals surface area contributed by atoms with Crippen LogP contribution in [0.15, 0.2) is 24.5 Å². The summed E-state index contributed by atoms with van der Waals surface area (Å²) in [5.74, 6) is 1.74. The SMILES string of the molecule is Cc1ncc(N2CC3CC[C@@H](C2)C3Nc2nc3c(OCCC(F)(F)F)cccn3n2)s1. The molecule has 1 aliphatic carbocycles. The Bertz CT molecular complexity index is 1050. The number of aromatic nitrogens is 4. The van der Waals surface area contributed by atoms with Gasteiger partial charge in [-0.2, -0.15) is 18.2 Å². The lowest BCUT2D eigenvalue weighted by molar-refractivity contribution is -0.139. The topological polar surface area (TPSA) is 67.6 Å². The van der Waals surface area contributed by atoms with Gasteiger partial charge in [-0.3, -0.25) is 0 Å². The van der Waals surface area contributed by atoms with Crippen molar-refractivity contribution in [2.24, 2.45) is 11.8 Å². The fourth-order valence-corrected chi connectivity index (χ4v) is 5.41. The number of alkyl halides is 3. The molecule has 0 aromatic carbocycles. The standard InChI is InChI=1S/C20H23F3N6OS/c1-12-24-9-16(31-12)28-10-13-4-5-14(11-28)17(13)25-19-26-18-15(3-2-7-29(18)27-19)30-8-6-20(21,22)23/h2-3,7,9,13-14,17H,4-6,8,10-11H2,1H3,(H,25,27)/t13-,14?,17?/m0/s1. The number of hydrogen-bond acceptors (Lipinski definition) is 7. The van der Waals surface area contributed by atoms with Gasteiger partial charge < -0.3 is 15.0 Å². The molecular formula is C20H23F3N6OS. The van der Waals surface area contributed by atoms with Gasteiger partial charge in [-0.05, 0) is 43.7 Å². The molecule has 0 amide bonds. The van der Waals surface area contributed by atoms with Gasteiger partial charge in [0.2, 0.25) is 5.95 Å². The average Bonchev–Trinajstić information content (AvgIpc) is 3.37. The molecule has 5 rings (SSSR count). The van der Waals surface area contributed by atoms with Crippen molar-refractivity contribution in [2.75, 3.05) is 29.9 Å². The van der Waals surface area contributed by atoms with Crippen LogP contribution < -0.4 is 15.0 Å². The summed E-state index contributed by atoms with van der Waals surface area (Å²) in [4.78, 5) is 11.3. The molecule has 0 spiro atoms. The van der Waals surface area contributed by atoms with Gasteiger partial charge in [-0.25, -0.2) is 9.50 Å². The lowest BCUT2D eigenvalue weighted by Gasteiger charge is -2.38. The predicted molar refractivity (Wildman–Crippen MR) is 112 cm³/mol. The number of ether oxygens (including phenoxy) is 1. The molecule has 1 N–H and O–H groups in total. The Morgan fingerprint density at radius 2 is 2.03 bits per heavy atom. The Balaban J connectivity index is 1.28. The molecule has 2 bridgehead atoms.